The topological polar surface area (TPSA) is 87.2 Å². The molecule has 1 aliphatic rings. The van der Waals surface area contributed by atoms with Crippen LogP contribution in [0.2, 0.25) is 0 Å². The number of aliphatic hydroxyl groups is 1. The van der Waals surface area contributed by atoms with Gasteiger partial charge in [0.2, 0.25) is 10.0 Å². The predicted octanol–water partition coefficient (Wildman–Crippen LogP) is 0.0195. The molecule has 0 radical (unpaired) electrons. The first kappa shape index (κ1) is 17.7. The van der Waals surface area contributed by atoms with Gasteiger partial charge in [-0.25, -0.2) is 12.7 Å². The standard InChI is InChI=1S/C15H22N2O5S/c1-16(2)23(20,21)10-11-8-17(9-13(11)18)15(19)12-6-4-5-7-14(12)22-3/h4-7,11,13,18H,8-10H2,1-3H3/t11-,13+/m0/s1. The van der Waals surface area contributed by atoms with E-state index < -0.39 is 22.0 Å². The maximum Gasteiger partial charge on any atom is 0.257 e. The van der Waals surface area contributed by atoms with Gasteiger partial charge in [-0.05, 0) is 12.1 Å². The first-order valence-corrected chi connectivity index (χ1v) is 8.87. The molecule has 1 aliphatic heterocycles. The highest BCUT2D eigenvalue weighted by Gasteiger charge is 2.38. The Kier molecular flexibility index (Phi) is 5.28. The number of aliphatic hydroxyl groups excluding tert-OH is 1. The first-order valence-electron chi connectivity index (χ1n) is 7.27. The lowest BCUT2D eigenvalue weighted by Gasteiger charge is -2.18. The molecule has 1 amide bonds. The lowest BCUT2D eigenvalue weighted by atomic mass is 10.1. The molecule has 0 aliphatic carbocycles. The largest absolute Gasteiger partial charge is 0.496 e. The smallest absolute Gasteiger partial charge is 0.257 e. The Labute approximate surface area is 136 Å². The Bertz CT molecular complexity index is 674. The van der Waals surface area contributed by atoms with Gasteiger partial charge in [-0.3, -0.25) is 4.79 Å². The van der Waals surface area contributed by atoms with Crippen LogP contribution in [0.5, 0.6) is 5.75 Å². The second-order valence-corrected chi connectivity index (χ2v) is 8.03. The van der Waals surface area contributed by atoms with Crippen molar-refractivity contribution in [1.82, 2.24) is 9.21 Å². The Morgan fingerprint density at radius 3 is 2.61 bits per heavy atom. The molecule has 0 unspecified atom stereocenters. The average Bonchev–Trinajstić information content (AvgIpc) is 2.86. The number of para-hydroxylation sites is 1. The lowest BCUT2D eigenvalue weighted by molar-refractivity contribution is 0.0761. The van der Waals surface area contributed by atoms with Gasteiger partial charge in [0.05, 0.1) is 24.5 Å². The summed E-state index contributed by atoms with van der Waals surface area (Å²) in [6.45, 7) is 0.315. The summed E-state index contributed by atoms with van der Waals surface area (Å²) in [5.41, 5.74) is 0.401. The number of ether oxygens (including phenoxy) is 1. The molecule has 128 valence electrons. The number of rotatable bonds is 5. The zero-order valence-electron chi connectivity index (χ0n) is 13.5. The Morgan fingerprint density at radius 2 is 2.00 bits per heavy atom. The summed E-state index contributed by atoms with van der Waals surface area (Å²) >= 11 is 0. The van der Waals surface area contributed by atoms with Gasteiger partial charge in [0.15, 0.2) is 0 Å². The highest BCUT2D eigenvalue weighted by molar-refractivity contribution is 7.89. The second-order valence-electron chi connectivity index (χ2n) is 5.80. The summed E-state index contributed by atoms with van der Waals surface area (Å²) in [6, 6.07) is 6.84. The third-order valence-electron chi connectivity index (χ3n) is 4.01. The number of likely N-dealkylation sites (tertiary alicyclic amines) is 1. The van der Waals surface area contributed by atoms with Gasteiger partial charge in [0, 0.05) is 33.1 Å². The van der Waals surface area contributed by atoms with Gasteiger partial charge >= 0.3 is 0 Å². The second kappa shape index (κ2) is 6.86. The molecule has 0 saturated carbocycles. The molecule has 1 fully saturated rings. The van der Waals surface area contributed by atoms with Crippen molar-refractivity contribution in [2.45, 2.75) is 6.10 Å². The van der Waals surface area contributed by atoms with E-state index in [1.807, 2.05) is 0 Å². The van der Waals surface area contributed by atoms with Crippen LogP contribution in [0.25, 0.3) is 0 Å². The van der Waals surface area contributed by atoms with E-state index in [4.69, 9.17) is 4.74 Å². The molecule has 23 heavy (non-hydrogen) atoms. The fourth-order valence-corrected chi connectivity index (χ4v) is 3.76. The van der Waals surface area contributed by atoms with Gasteiger partial charge in [-0.1, -0.05) is 12.1 Å². The fourth-order valence-electron chi connectivity index (χ4n) is 2.60. The monoisotopic (exact) mass is 342 g/mol. The number of hydrogen-bond donors (Lipinski definition) is 1. The Morgan fingerprint density at radius 1 is 1.35 bits per heavy atom. The molecule has 1 heterocycles. The maximum absolute atomic E-state index is 12.6. The van der Waals surface area contributed by atoms with E-state index in [-0.39, 0.29) is 24.7 Å². The molecule has 2 rings (SSSR count). The number of benzene rings is 1. The van der Waals surface area contributed by atoms with E-state index in [2.05, 4.69) is 0 Å². The number of hydrogen-bond acceptors (Lipinski definition) is 5. The van der Waals surface area contributed by atoms with Crippen molar-refractivity contribution in [1.29, 1.82) is 0 Å². The van der Waals surface area contributed by atoms with Gasteiger partial charge in [-0.2, -0.15) is 0 Å². The van der Waals surface area contributed by atoms with E-state index in [9.17, 15) is 18.3 Å². The number of amides is 1. The van der Waals surface area contributed by atoms with Crippen LogP contribution >= 0.6 is 0 Å². The van der Waals surface area contributed by atoms with Crippen LogP contribution in [-0.2, 0) is 10.0 Å². The number of sulfonamides is 1. The Hall–Kier alpha value is -1.64. The minimum atomic E-state index is -3.43. The highest BCUT2D eigenvalue weighted by Crippen LogP contribution is 2.25. The van der Waals surface area contributed by atoms with Gasteiger partial charge < -0.3 is 14.7 Å². The van der Waals surface area contributed by atoms with Gasteiger partial charge in [-0.15, -0.1) is 0 Å². The molecule has 1 N–H and O–H groups in total. The van der Waals surface area contributed by atoms with Gasteiger partial charge in [0.25, 0.3) is 5.91 Å². The number of methoxy groups -OCH3 is 1. The molecule has 1 saturated heterocycles. The third-order valence-corrected chi connectivity index (χ3v) is 5.97. The number of carbonyl (C=O) groups excluding carboxylic acids is 1. The van der Waals surface area contributed by atoms with Crippen molar-refractivity contribution in [3.05, 3.63) is 29.8 Å². The molecule has 0 aromatic heterocycles. The van der Waals surface area contributed by atoms with Crippen LogP contribution in [0, 0.1) is 5.92 Å². The van der Waals surface area contributed by atoms with Crippen LogP contribution in [0.3, 0.4) is 0 Å². The number of β-amino-alcohol motifs (C(OH)–C–C–N with tert-alkyl or cyclic N) is 1. The van der Waals surface area contributed by atoms with E-state index in [0.717, 1.165) is 4.31 Å². The number of nitrogens with zero attached hydrogens (tertiary/aromatic N) is 2. The lowest BCUT2D eigenvalue weighted by Crippen LogP contribution is -2.33. The maximum atomic E-state index is 12.6. The highest BCUT2D eigenvalue weighted by atomic mass is 32.2. The summed E-state index contributed by atoms with van der Waals surface area (Å²) in [7, 11) is 0.959. The van der Waals surface area contributed by atoms with Crippen LogP contribution in [0.15, 0.2) is 24.3 Å². The van der Waals surface area contributed by atoms with Crippen molar-refractivity contribution < 1.29 is 23.1 Å². The summed E-state index contributed by atoms with van der Waals surface area (Å²) < 4.78 is 30.2. The molecular weight excluding hydrogens is 320 g/mol. The molecule has 1 aromatic carbocycles. The summed E-state index contributed by atoms with van der Waals surface area (Å²) in [5.74, 6) is -0.500. The van der Waals surface area contributed by atoms with E-state index >= 15 is 0 Å². The van der Waals surface area contributed by atoms with Crippen molar-refractivity contribution in [2.75, 3.05) is 40.0 Å². The van der Waals surface area contributed by atoms with Crippen molar-refractivity contribution in [3.8, 4) is 5.75 Å². The summed E-state index contributed by atoms with van der Waals surface area (Å²) in [4.78, 5) is 14.1. The van der Waals surface area contributed by atoms with Gasteiger partial charge in [0.1, 0.15) is 5.75 Å². The minimum absolute atomic E-state index is 0.116. The minimum Gasteiger partial charge on any atom is -0.496 e. The zero-order valence-corrected chi connectivity index (χ0v) is 14.3. The fraction of sp³-hybridized carbons (Fsp3) is 0.533. The molecule has 8 heteroatoms. The van der Waals surface area contributed by atoms with Crippen LogP contribution < -0.4 is 4.74 Å². The molecule has 1 aromatic rings. The quantitative estimate of drug-likeness (QED) is 0.815. The molecule has 0 spiro atoms. The Balaban J connectivity index is 2.13. The summed E-state index contributed by atoms with van der Waals surface area (Å²) in [6.07, 6.45) is -0.858. The average molecular weight is 342 g/mol. The number of carbonyl (C=O) groups is 1. The molecule has 2 atom stereocenters. The predicted molar refractivity (Wildman–Crippen MR) is 85.9 cm³/mol. The molecule has 7 nitrogen and oxygen atoms in total. The van der Waals surface area contributed by atoms with E-state index in [1.165, 1.54) is 26.1 Å². The summed E-state index contributed by atoms with van der Waals surface area (Å²) in [5, 5.41) is 10.1. The SMILES string of the molecule is COc1ccccc1C(=O)N1C[C@@H](CS(=O)(=O)N(C)C)[C@H](O)C1. The van der Waals surface area contributed by atoms with Crippen LogP contribution in [-0.4, -0.2) is 74.8 Å². The van der Waals surface area contributed by atoms with E-state index in [1.54, 1.807) is 24.3 Å². The van der Waals surface area contributed by atoms with Crippen molar-refractivity contribution >= 4 is 15.9 Å². The molecule has 0 bridgehead atoms. The third kappa shape index (κ3) is 3.82. The normalized spacial score (nSPS) is 21.7. The van der Waals surface area contributed by atoms with Crippen LogP contribution in [0.1, 0.15) is 10.4 Å². The van der Waals surface area contributed by atoms with Crippen LogP contribution in [0.4, 0.5) is 0 Å². The first-order chi connectivity index (χ1) is 10.8. The van der Waals surface area contributed by atoms with E-state index in [0.29, 0.717) is 11.3 Å². The van der Waals surface area contributed by atoms with Crippen molar-refractivity contribution in [2.24, 2.45) is 5.92 Å². The van der Waals surface area contributed by atoms with Crippen molar-refractivity contribution in [3.63, 3.8) is 0 Å². The molecular formula is C15H22N2O5S. The zero-order chi connectivity index (χ0) is 17.2.